The van der Waals surface area contributed by atoms with E-state index in [0.29, 0.717) is 30.1 Å². The largest absolute Gasteiger partial charge is 0.488 e. The molecule has 4 rings (SSSR count). The molecule has 22 heavy (non-hydrogen) atoms. The van der Waals surface area contributed by atoms with E-state index in [1.54, 1.807) is 0 Å². The van der Waals surface area contributed by atoms with Gasteiger partial charge < -0.3 is 14.6 Å². The fraction of sp³-hybridized carbons (Fsp3) is 0.706. The number of fused-ring (bicyclic) bond motifs is 4. The summed E-state index contributed by atoms with van der Waals surface area (Å²) in [5.74, 6) is 1.37. The van der Waals surface area contributed by atoms with Crippen LogP contribution in [0.25, 0.3) is 0 Å². The van der Waals surface area contributed by atoms with Gasteiger partial charge in [0.1, 0.15) is 17.5 Å². The van der Waals surface area contributed by atoms with Crippen LogP contribution in [0.1, 0.15) is 32.6 Å². The molecule has 5 unspecified atom stereocenters. The Hall–Kier alpha value is -0.840. The summed E-state index contributed by atoms with van der Waals surface area (Å²) in [6, 6.07) is 0. The van der Waals surface area contributed by atoms with Crippen LogP contribution in [-0.2, 0) is 14.3 Å². The highest BCUT2D eigenvalue weighted by Gasteiger charge is 2.59. The van der Waals surface area contributed by atoms with Crippen LogP contribution in [0.5, 0.6) is 0 Å². The second-order valence-corrected chi connectivity index (χ2v) is 7.64. The van der Waals surface area contributed by atoms with E-state index in [-0.39, 0.29) is 35.9 Å². The van der Waals surface area contributed by atoms with Crippen molar-refractivity contribution >= 4 is 17.4 Å². The minimum atomic E-state index is -1.35. The number of halogens is 1. The molecule has 2 aliphatic carbocycles. The van der Waals surface area contributed by atoms with Crippen molar-refractivity contribution in [3.05, 3.63) is 23.5 Å². The van der Waals surface area contributed by atoms with E-state index in [0.717, 1.165) is 18.4 Å². The number of Topliss-reactive ketones (excluding diaryl/α,β-unsaturated/α-hetero) is 1. The molecule has 1 N–H and O–H groups in total. The molecule has 2 aliphatic heterocycles. The van der Waals surface area contributed by atoms with Crippen molar-refractivity contribution in [3.8, 4) is 0 Å². The summed E-state index contributed by atoms with van der Waals surface area (Å²) in [5.41, 5.74) is 0.00972. The third kappa shape index (κ3) is 1.81. The van der Waals surface area contributed by atoms with Crippen molar-refractivity contribution in [1.82, 2.24) is 0 Å². The quantitative estimate of drug-likeness (QED) is 0.626. The first-order valence-electron chi connectivity index (χ1n) is 7.92. The topological polar surface area (TPSA) is 55.8 Å². The molecule has 120 valence electrons. The minimum Gasteiger partial charge on any atom is -0.488 e. The fourth-order valence-corrected chi connectivity index (χ4v) is 4.89. The monoisotopic (exact) mass is 324 g/mol. The third-order valence-electron chi connectivity index (χ3n) is 6.02. The van der Waals surface area contributed by atoms with E-state index in [9.17, 15) is 9.90 Å². The van der Waals surface area contributed by atoms with E-state index in [4.69, 9.17) is 21.1 Å². The average Bonchev–Trinajstić information content (AvgIpc) is 3.02. The molecular weight excluding hydrogens is 304 g/mol. The zero-order valence-electron chi connectivity index (χ0n) is 12.7. The molecule has 4 aliphatic rings. The molecule has 2 fully saturated rings. The smallest absolute Gasteiger partial charge is 0.196 e. The summed E-state index contributed by atoms with van der Waals surface area (Å²) in [7, 11) is 0. The summed E-state index contributed by atoms with van der Waals surface area (Å²) in [5, 5.41) is 10.5. The predicted octanol–water partition coefficient (Wildman–Crippen LogP) is 2.34. The van der Waals surface area contributed by atoms with Gasteiger partial charge in [0.05, 0.1) is 6.61 Å². The van der Waals surface area contributed by atoms with Gasteiger partial charge in [0.15, 0.2) is 11.4 Å². The summed E-state index contributed by atoms with van der Waals surface area (Å²) in [4.78, 5) is 12.7. The molecule has 0 aromatic rings. The first kappa shape index (κ1) is 14.7. The Morgan fingerprint density at radius 2 is 2.32 bits per heavy atom. The lowest BCUT2D eigenvalue weighted by Gasteiger charge is -2.44. The summed E-state index contributed by atoms with van der Waals surface area (Å²) >= 11 is 5.97. The highest BCUT2D eigenvalue weighted by atomic mass is 35.5. The number of allylic oxidation sites excluding steroid dienone is 1. The molecule has 0 amide bonds. The van der Waals surface area contributed by atoms with Gasteiger partial charge in [-0.2, -0.15) is 0 Å². The number of aliphatic hydroxyl groups is 1. The van der Waals surface area contributed by atoms with Crippen molar-refractivity contribution in [3.63, 3.8) is 0 Å². The Labute approximate surface area is 135 Å². The lowest BCUT2D eigenvalue weighted by atomic mass is 9.72. The summed E-state index contributed by atoms with van der Waals surface area (Å²) in [6.07, 6.45) is 2.60. The van der Waals surface area contributed by atoms with Gasteiger partial charge in [-0.3, -0.25) is 4.79 Å². The maximum Gasteiger partial charge on any atom is 0.196 e. The van der Waals surface area contributed by atoms with Crippen LogP contribution in [0.4, 0.5) is 0 Å². The van der Waals surface area contributed by atoms with Crippen LogP contribution in [0.15, 0.2) is 23.5 Å². The Bertz CT molecular complexity index is 597. The molecule has 2 heterocycles. The molecule has 0 aromatic heterocycles. The van der Waals surface area contributed by atoms with Gasteiger partial charge in [-0.25, -0.2) is 0 Å². The van der Waals surface area contributed by atoms with Crippen LogP contribution in [-0.4, -0.2) is 40.7 Å². The van der Waals surface area contributed by atoms with Crippen LogP contribution in [0.2, 0.25) is 0 Å². The van der Waals surface area contributed by atoms with Crippen molar-refractivity contribution in [2.45, 2.75) is 49.9 Å². The molecular formula is C17H21ClO4. The Balaban J connectivity index is 1.72. The molecule has 5 atom stereocenters. The summed E-state index contributed by atoms with van der Waals surface area (Å²) in [6.45, 7) is 6.28. The first-order chi connectivity index (χ1) is 10.4. The zero-order valence-corrected chi connectivity index (χ0v) is 13.5. The Morgan fingerprint density at radius 1 is 1.55 bits per heavy atom. The second kappa shape index (κ2) is 4.59. The zero-order chi connectivity index (χ0) is 15.7. The van der Waals surface area contributed by atoms with Crippen LogP contribution >= 0.6 is 11.6 Å². The highest BCUT2D eigenvalue weighted by Crippen LogP contribution is 2.55. The van der Waals surface area contributed by atoms with Gasteiger partial charge in [0, 0.05) is 23.8 Å². The van der Waals surface area contributed by atoms with Crippen molar-refractivity contribution < 1.29 is 19.4 Å². The Kier molecular flexibility index (Phi) is 3.07. The summed E-state index contributed by atoms with van der Waals surface area (Å²) < 4.78 is 11.9. The van der Waals surface area contributed by atoms with Crippen molar-refractivity contribution in [2.75, 3.05) is 12.5 Å². The number of rotatable bonds is 2. The van der Waals surface area contributed by atoms with E-state index in [1.165, 1.54) is 0 Å². The molecule has 4 nitrogen and oxygen atoms in total. The lowest BCUT2D eigenvalue weighted by Crippen LogP contribution is -2.49. The van der Waals surface area contributed by atoms with Gasteiger partial charge in [-0.05, 0) is 32.1 Å². The number of alkyl halides is 1. The van der Waals surface area contributed by atoms with Crippen molar-refractivity contribution in [2.24, 2.45) is 11.8 Å². The van der Waals surface area contributed by atoms with E-state index >= 15 is 0 Å². The third-order valence-corrected chi connectivity index (χ3v) is 6.36. The normalized spacial score (nSPS) is 46.3. The fourth-order valence-electron chi connectivity index (χ4n) is 4.70. The second-order valence-electron chi connectivity index (χ2n) is 7.37. The van der Waals surface area contributed by atoms with E-state index < -0.39 is 5.60 Å². The van der Waals surface area contributed by atoms with E-state index in [1.807, 2.05) is 0 Å². The van der Waals surface area contributed by atoms with Gasteiger partial charge in [-0.1, -0.05) is 12.2 Å². The van der Waals surface area contributed by atoms with Crippen LogP contribution < -0.4 is 0 Å². The molecule has 1 saturated carbocycles. The highest BCUT2D eigenvalue weighted by molar-refractivity contribution is 6.19. The lowest BCUT2D eigenvalue weighted by molar-refractivity contribution is -0.136. The molecule has 0 aromatic carbocycles. The first-order valence-corrected chi connectivity index (χ1v) is 8.46. The minimum absolute atomic E-state index is 0.0755. The van der Waals surface area contributed by atoms with Crippen LogP contribution in [0, 0.1) is 11.8 Å². The average molecular weight is 325 g/mol. The number of hydrogen-bond donors (Lipinski definition) is 1. The molecule has 0 radical (unpaired) electrons. The van der Waals surface area contributed by atoms with Crippen LogP contribution in [0.3, 0.4) is 0 Å². The SMILES string of the molecule is C=C(CCl)C1CCC2(C)OC3=C(CC12)C(=O)C1(O)COC3C1. The van der Waals surface area contributed by atoms with Crippen molar-refractivity contribution in [1.29, 1.82) is 0 Å². The number of hydrogen-bond acceptors (Lipinski definition) is 4. The van der Waals surface area contributed by atoms with E-state index in [2.05, 4.69) is 13.5 Å². The van der Waals surface area contributed by atoms with Gasteiger partial charge in [0.2, 0.25) is 0 Å². The number of ketones is 1. The van der Waals surface area contributed by atoms with Gasteiger partial charge in [0.25, 0.3) is 0 Å². The standard InChI is InChI=1S/C17H21ClO4/c1-9(7-18)10-3-4-16(2)12(10)5-11-14(22-16)13-6-17(20,8-21-13)15(11)19/h10,12-13,20H,1,3-8H2,2H3. The predicted molar refractivity (Wildman–Crippen MR) is 81.5 cm³/mol. The van der Waals surface area contributed by atoms with Gasteiger partial charge in [-0.15, -0.1) is 11.6 Å². The number of ether oxygens (including phenoxy) is 2. The molecule has 1 saturated heterocycles. The molecule has 0 spiro atoms. The Morgan fingerprint density at radius 3 is 3.05 bits per heavy atom. The maximum absolute atomic E-state index is 12.7. The number of carbonyl (C=O) groups excluding carboxylic acids is 1. The molecule has 5 heteroatoms. The maximum atomic E-state index is 12.7. The number of carbonyl (C=O) groups is 1. The molecule has 2 bridgehead atoms. The van der Waals surface area contributed by atoms with Gasteiger partial charge >= 0.3 is 0 Å².